The van der Waals surface area contributed by atoms with E-state index in [1.165, 1.54) is 6.42 Å². The smallest absolute Gasteiger partial charge is 0.124 e. The lowest BCUT2D eigenvalue weighted by atomic mass is 10.1. The van der Waals surface area contributed by atoms with Gasteiger partial charge in [0.05, 0.1) is 17.7 Å². The van der Waals surface area contributed by atoms with Gasteiger partial charge in [0.1, 0.15) is 5.84 Å². The lowest BCUT2D eigenvalue weighted by Crippen LogP contribution is -2.37. The topological polar surface area (TPSA) is 73.3 Å². The number of rotatable bonds is 3. The second-order valence-corrected chi connectivity index (χ2v) is 5.36. The Kier molecular flexibility index (Phi) is 4.66. The van der Waals surface area contributed by atoms with E-state index in [0.717, 1.165) is 31.5 Å². The molecule has 1 heterocycles. The summed E-state index contributed by atoms with van der Waals surface area (Å²) < 4.78 is 0. The Balaban J connectivity index is 2.28. The van der Waals surface area contributed by atoms with Gasteiger partial charge in [-0.3, -0.25) is 5.41 Å². The first kappa shape index (κ1) is 14.2. The number of hydrogen-bond donors (Lipinski definition) is 3. The number of amidine groups is 1. The van der Waals surface area contributed by atoms with Crippen LogP contribution in [0.3, 0.4) is 0 Å². The van der Waals surface area contributed by atoms with Gasteiger partial charge in [-0.15, -0.1) is 0 Å². The minimum absolute atomic E-state index is 0.0221. The van der Waals surface area contributed by atoms with Gasteiger partial charge in [-0.2, -0.15) is 0 Å². The normalized spacial score (nSPS) is 20.1. The molecule has 0 aliphatic carbocycles. The average Bonchev–Trinajstić information content (AvgIpc) is 2.63. The third-order valence-corrected chi connectivity index (χ3v) is 3.98. The summed E-state index contributed by atoms with van der Waals surface area (Å²) in [5, 5.41) is 17.5. The molecule has 1 fully saturated rings. The molecule has 0 amide bonds. The standard InChI is InChI=1S/C14H20ClN3O/c15-13-8-10(5-6-12(13)14(16)17)18-7-3-1-2-4-11(18)9-19/h5-6,8,11,19H,1-4,7,9H2,(H3,16,17). The van der Waals surface area contributed by atoms with Gasteiger partial charge in [0.2, 0.25) is 0 Å². The molecule has 0 bridgehead atoms. The molecule has 1 aliphatic heterocycles. The summed E-state index contributed by atoms with van der Waals surface area (Å²) in [4.78, 5) is 2.21. The summed E-state index contributed by atoms with van der Waals surface area (Å²) in [6.07, 6.45) is 4.48. The molecule has 5 heteroatoms. The van der Waals surface area contributed by atoms with Gasteiger partial charge in [-0.05, 0) is 31.0 Å². The predicted octanol–water partition coefficient (Wildman–Crippen LogP) is 2.37. The summed E-state index contributed by atoms with van der Waals surface area (Å²) in [6.45, 7) is 1.09. The van der Waals surface area contributed by atoms with E-state index in [0.29, 0.717) is 10.6 Å². The number of nitrogens with one attached hydrogen (secondary N) is 1. The summed E-state index contributed by atoms with van der Waals surface area (Å²) in [7, 11) is 0. The van der Waals surface area contributed by atoms with Gasteiger partial charge in [0.25, 0.3) is 0 Å². The number of aliphatic hydroxyl groups is 1. The maximum Gasteiger partial charge on any atom is 0.124 e. The molecule has 2 rings (SSSR count). The Morgan fingerprint density at radius 2 is 2.21 bits per heavy atom. The highest BCUT2D eigenvalue weighted by molar-refractivity contribution is 6.34. The minimum atomic E-state index is -0.0221. The fourth-order valence-electron chi connectivity index (χ4n) is 2.61. The third-order valence-electron chi connectivity index (χ3n) is 3.66. The Bertz CT molecular complexity index is 464. The van der Waals surface area contributed by atoms with Crippen molar-refractivity contribution < 1.29 is 5.11 Å². The molecule has 1 atom stereocenters. The molecule has 104 valence electrons. The van der Waals surface area contributed by atoms with Crippen LogP contribution in [0.5, 0.6) is 0 Å². The fourth-order valence-corrected chi connectivity index (χ4v) is 2.88. The van der Waals surface area contributed by atoms with Crippen LogP contribution in [-0.2, 0) is 0 Å². The Labute approximate surface area is 118 Å². The van der Waals surface area contributed by atoms with E-state index in [1.54, 1.807) is 6.07 Å². The summed E-state index contributed by atoms with van der Waals surface area (Å²) in [6, 6.07) is 5.70. The van der Waals surface area contributed by atoms with E-state index in [-0.39, 0.29) is 18.5 Å². The zero-order chi connectivity index (χ0) is 13.8. The number of aliphatic hydroxyl groups excluding tert-OH is 1. The highest BCUT2D eigenvalue weighted by atomic mass is 35.5. The van der Waals surface area contributed by atoms with Crippen LogP contribution in [-0.4, -0.2) is 30.1 Å². The van der Waals surface area contributed by atoms with Gasteiger partial charge < -0.3 is 15.7 Å². The molecule has 0 aromatic heterocycles. The monoisotopic (exact) mass is 281 g/mol. The predicted molar refractivity (Wildman–Crippen MR) is 79.2 cm³/mol. The first-order chi connectivity index (χ1) is 9.13. The number of nitrogens with two attached hydrogens (primary N) is 1. The van der Waals surface area contributed by atoms with E-state index in [2.05, 4.69) is 4.90 Å². The van der Waals surface area contributed by atoms with Gasteiger partial charge in [0.15, 0.2) is 0 Å². The van der Waals surface area contributed by atoms with Crippen molar-refractivity contribution in [3.63, 3.8) is 0 Å². The molecule has 4 nitrogen and oxygen atoms in total. The molecule has 0 spiro atoms. The molecular weight excluding hydrogens is 262 g/mol. The Morgan fingerprint density at radius 1 is 1.42 bits per heavy atom. The van der Waals surface area contributed by atoms with E-state index >= 15 is 0 Å². The fraction of sp³-hybridized carbons (Fsp3) is 0.500. The second-order valence-electron chi connectivity index (χ2n) is 4.96. The number of anilines is 1. The molecular formula is C14H20ClN3O. The van der Waals surface area contributed by atoms with Crippen LogP contribution >= 0.6 is 11.6 Å². The zero-order valence-corrected chi connectivity index (χ0v) is 11.7. The minimum Gasteiger partial charge on any atom is -0.394 e. The number of benzene rings is 1. The van der Waals surface area contributed by atoms with Crippen LogP contribution in [0, 0.1) is 5.41 Å². The number of halogens is 1. The van der Waals surface area contributed by atoms with Crippen molar-refractivity contribution in [3.05, 3.63) is 28.8 Å². The maximum absolute atomic E-state index is 9.53. The van der Waals surface area contributed by atoms with E-state index in [4.69, 9.17) is 22.7 Å². The first-order valence-electron chi connectivity index (χ1n) is 6.65. The first-order valence-corrected chi connectivity index (χ1v) is 7.02. The average molecular weight is 282 g/mol. The number of nitrogen functional groups attached to an aromatic ring is 1. The molecule has 0 saturated carbocycles. The van der Waals surface area contributed by atoms with Gasteiger partial charge in [-0.1, -0.05) is 24.4 Å². The number of hydrogen-bond acceptors (Lipinski definition) is 3. The molecule has 1 aromatic rings. The van der Waals surface area contributed by atoms with Crippen LogP contribution in [0.25, 0.3) is 0 Å². The molecule has 1 aliphatic rings. The van der Waals surface area contributed by atoms with Gasteiger partial charge in [0, 0.05) is 17.8 Å². The maximum atomic E-state index is 9.53. The van der Waals surface area contributed by atoms with Crippen LogP contribution in [0.2, 0.25) is 5.02 Å². The van der Waals surface area contributed by atoms with Crippen LogP contribution in [0.4, 0.5) is 5.69 Å². The highest BCUT2D eigenvalue weighted by Gasteiger charge is 2.21. The third kappa shape index (κ3) is 3.19. The van der Waals surface area contributed by atoms with E-state index in [9.17, 15) is 5.11 Å². The van der Waals surface area contributed by atoms with Crippen LogP contribution < -0.4 is 10.6 Å². The van der Waals surface area contributed by atoms with Crippen molar-refractivity contribution in [2.24, 2.45) is 5.73 Å². The summed E-state index contributed by atoms with van der Waals surface area (Å²) in [5.41, 5.74) is 7.02. The van der Waals surface area contributed by atoms with Crippen molar-refractivity contribution in [3.8, 4) is 0 Å². The lowest BCUT2D eigenvalue weighted by molar-refractivity contribution is 0.255. The second kappa shape index (κ2) is 6.26. The largest absolute Gasteiger partial charge is 0.394 e. The SMILES string of the molecule is N=C(N)c1ccc(N2CCCCCC2CO)cc1Cl. The molecule has 0 radical (unpaired) electrons. The van der Waals surface area contributed by atoms with Crippen molar-refractivity contribution >= 4 is 23.1 Å². The summed E-state index contributed by atoms with van der Waals surface area (Å²) >= 11 is 6.17. The molecule has 1 unspecified atom stereocenters. The van der Waals surface area contributed by atoms with Crippen LogP contribution in [0.15, 0.2) is 18.2 Å². The molecule has 19 heavy (non-hydrogen) atoms. The summed E-state index contributed by atoms with van der Waals surface area (Å²) in [5.74, 6) is -0.0221. The van der Waals surface area contributed by atoms with Gasteiger partial charge in [-0.25, -0.2) is 0 Å². The molecule has 1 saturated heterocycles. The highest BCUT2D eigenvalue weighted by Crippen LogP contribution is 2.28. The van der Waals surface area contributed by atoms with Crippen molar-refractivity contribution in [2.45, 2.75) is 31.7 Å². The Morgan fingerprint density at radius 3 is 2.84 bits per heavy atom. The number of nitrogens with zero attached hydrogens (tertiary/aromatic N) is 1. The Hall–Kier alpha value is -1.26. The molecule has 1 aromatic carbocycles. The van der Waals surface area contributed by atoms with E-state index in [1.807, 2.05) is 12.1 Å². The van der Waals surface area contributed by atoms with Gasteiger partial charge >= 0.3 is 0 Å². The van der Waals surface area contributed by atoms with Crippen LogP contribution in [0.1, 0.15) is 31.2 Å². The van der Waals surface area contributed by atoms with E-state index < -0.39 is 0 Å². The van der Waals surface area contributed by atoms with Crippen molar-refractivity contribution in [1.29, 1.82) is 5.41 Å². The zero-order valence-electron chi connectivity index (χ0n) is 10.9. The lowest BCUT2D eigenvalue weighted by Gasteiger charge is -2.31. The quantitative estimate of drug-likeness (QED) is 0.588. The van der Waals surface area contributed by atoms with Crippen molar-refractivity contribution in [2.75, 3.05) is 18.1 Å². The van der Waals surface area contributed by atoms with Crippen molar-refractivity contribution in [1.82, 2.24) is 0 Å². The molecule has 4 N–H and O–H groups in total.